The highest BCUT2D eigenvalue weighted by Crippen LogP contribution is 2.35. The zero-order valence-corrected chi connectivity index (χ0v) is 14.1. The Balaban J connectivity index is 1.87. The fraction of sp³-hybridized carbons (Fsp3) is 0.0500. The number of carbonyl (C=O) groups excluding carboxylic acids is 1. The van der Waals surface area contributed by atoms with E-state index >= 15 is 0 Å². The average molecular weight is 345 g/mol. The molecule has 122 valence electrons. The summed E-state index contributed by atoms with van der Waals surface area (Å²) in [5.74, 6) is 0. The van der Waals surface area contributed by atoms with Crippen LogP contribution in [0.15, 0.2) is 78.6 Å². The second kappa shape index (κ2) is 6.83. The standard InChI is InChI=1S/C20H15N3OS/c24-14-19-17(20-22-10-11-25-20)12-15(18-8-4-5-9-21-18)13-23(19)16-6-2-1-3-7-16/h1-14,19H. The zero-order chi connectivity index (χ0) is 17.1. The zero-order valence-electron chi connectivity index (χ0n) is 13.3. The summed E-state index contributed by atoms with van der Waals surface area (Å²) in [7, 11) is 0. The van der Waals surface area contributed by atoms with E-state index in [4.69, 9.17) is 0 Å². The molecule has 0 fully saturated rings. The smallest absolute Gasteiger partial charge is 0.147 e. The molecule has 5 heteroatoms. The van der Waals surface area contributed by atoms with E-state index in [0.717, 1.165) is 33.8 Å². The highest BCUT2D eigenvalue weighted by atomic mass is 32.1. The summed E-state index contributed by atoms with van der Waals surface area (Å²) in [6, 6.07) is 15.3. The third-order valence-electron chi connectivity index (χ3n) is 4.03. The maximum Gasteiger partial charge on any atom is 0.147 e. The van der Waals surface area contributed by atoms with Crippen molar-refractivity contribution < 1.29 is 4.79 Å². The Kier molecular flexibility index (Phi) is 4.23. The Morgan fingerprint density at radius 3 is 2.52 bits per heavy atom. The van der Waals surface area contributed by atoms with E-state index in [-0.39, 0.29) is 0 Å². The Hall–Kier alpha value is -3.05. The molecule has 0 spiro atoms. The molecule has 0 bridgehead atoms. The van der Waals surface area contributed by atoms with Crippen molar-refractivity contribution >= 4 is 34.5 Å². The molecule has 4 rings (SSSR count). The average Bonchev–Trinajstić information content (AvgIpc) is 3.23. The summed E-state index contributed by atoms with van der Waals surface area (Å²) in [4.78, 5) is 22.8. The summed E-state index contributed by atoms with van der Waals surface area (Å²) in [5.41, 5.74) is 3.65. The molecule has 4 nitrogen and oxygen atoms in total. The van der Waals surface area contributed by atoms with Crippen LogP contribution in [0.2, 0.25) is 0 Å². The monoisotopic (exact) mass is 345 g/mol. The number of para-hydroxylation sites is 1. The third kappa shape index (κ3) is 3.02. The number of carbonyl (C=O) groups is 1. The molecule has 0 N–H and O–H groups in total. The molecular weight excluding hydrogens is 330 g/mol. The van der Waals surface area contributed by atoms with Crippen molar-refractivity contribution in [2.45, 2.75) is 6.04 Å². The number of thiazole rings is 1. The molecule has 1 aromatic carbocycles. The number of anilines is 1. The van der Waals surface area contributed by atoms with Gasteiger partial charge in [0, 0.05) is 40.8 Å². The highest BCUT2D eigenvalue weighted by Gasteiger charge is 2.28. The number of pyridine rings is 1. The minimum Gasteiger partial charge on any atom is -0.333 e. The van der Waals surface area contributed by atoms with Crippen molar-refractivity contribution in [3.05, 3.63) is 89.3 Å². The van der Waals surface area contributed by atoms with Gasteiger partial charge in [-0.2, -0.15) is 0 Å². The molecule has 0 amide bonds. The van der Waals surface area contributed by atoms with E-state index in [1.165, 1.54) is 11.3 Å². The molecule has 1 atom stereocenters. The summed E-state index contributed by atoms with van der Waals surface area (Å²) in [6.07, 6.45) is 8.49. The number of aldehydes is 1. The van der Waals surface area contributed by atoms with E-state index in [0.29, 0.717) is 0 Å². The second-order valence-corrected chi connectivity index (χ2v) is 6.45. The van der Waals surface area contributed by atoms with Gasteiger partial charge in [-0.15, -0.1) is 11.3 Å². The van der Waals surface area contributed by atoms with E-state index in [1.54, 1.807) is 12.4 Å². The molecule has 1 unspecified atom stereocenters. The van der Waals surface area contributed by atoms with Gasteiger partial charge in [0.05, 0.1) is 5.69 Å². The molecule has 2 aromatic heterocycles. The van der Waals surface area contributed by atoms with Gasteiger partial charge in [-0.3, -0.25) is 4.98 Å². The largest absolute Gasteiger partial charge is 0.333 e. The number of benzene rings is 1. The van der Waals surface area contributed by atoms with E-state index in [9.17, 15) is 4.79 Å². The van der Waals surface area contributed by atoms with Gasteiger partial charge in [0.25, 0.3) is 0 Å². The van der Waals surface area contributed by atoms with E-state index in [1.807, 2.05) is 71.1 Å². The summed E-state index contributed by atoms with van der Waals surface area (Å²) < 4.78 is 0. The fourth-order valence-corrected chi connectivity index (χ4v) is 3.56. The summed E-state index contributed by atoms with van der Waals surface area (Å²) >= 11 is 1.53. The maximum atomic E-state index is 11.9. The minimum atomic E-state index is -0.416. The van der Waals surface area contributed by atoms with Gasteiger partial charge in [0.2, 0.25) is 0 Å². The van der Waals surface area contributed by atoms with Crippen LogP contribution in [0.1, 0.15) is 10.7 Å². The number of hydrogen-bond acceptors (Lipinski definition) is 5. The van der Waals surface area contributed by atoms with Crippen molar-refractivity contribution in [1.82, 2.24) is 9.97 Å². The Morgan fingerprint density at radius 2 is 1.84 bits per heavy atom. The van der Waals surface area contributed by atoms with Crippen LogP contribution in [0.25, 0.3) is 11.1 Å². The lowest BCUT2D eigenvalue weighted by Crippen LogP contribution is -2.35. The maximum absolute atomic E-state index is 11.9. The van der Waals surface area contributed by atoms with Gasteiger partial charge in [0.15, 0.2) is 0 Å². The Morgan fingerprint density at radius 1 is 1.00 bits per heavy atom. The van der Waals surface area contributed by atoms with Gasteiger partial charge in [0.1, 0.15) is 17.3 Å². The summed E-state index contributed by atoms with van der Waals surface area (Å²) in [5, 5.41) is 2.77. The molecule has 25 heavy (non-hydrogen) atoms. The van der Waals surface area contributed by atoms with Crippen molar-refractivity contribution in [3.63, 3.8) is 0 Å². The first kappa shape index (κ1) is 15.5. The van der Waals surface area contributed by atoms with Crippen LogP contribution in [0.3, 0.4) is 0 Å². The van der Waals surface area contributed by atoms with E-state index in [2.05, 4.69) is 9.97 Å². The lowest BCUT2D eigenvalue weighted by molar-refractivity contribution is -0.107. The Labute approximate surface area is 149 Å². The third-order valence-corrected chi connectivity index (χ3v) is 4.85. The lowest BCUT2D eigenvalue weighted by atomic mass is 9.97. The van der Waals surface area contributed by atoms with Crippen LogP contribution in [0.5, 0.6) is 0 Å². The van der Waals surface area contributed by atoms with Crippen LogP contribution < -0.4 is 4.90 Å². The molecular formula is C20H15N3OS. The van der Waals surface area contributed by atoms with Crippen molar-refractivity contribution in [3.8, 4) is 0 Å². The lowest BCUT2D eigenvalue weighted by Gasteiger charge is -2.32. The molecule has 0 radical (unpaired) electrons. The SMILES string of the molecule is O=CC1C(c2nccs2)=CC(c2ccccn2)=CN1c1ccccc1. The van der Waals surface area contributed by atoms with Crippen LogP contribution >= 0.6 is 11.3 Å². The predicted octanol–water partition coefficient (Wildman–Crippen LogP) is 4.05. The van der Waals surface area contributed by atoms with Crippen LogP contribution in [0.4, 0.5) is 5.69 Å². The molecule has 0 saturated heterocycles. The molecule has 0 aliphatic carbocycles. The molecule has 1 aliphatic rings. The van der Waals surface area contributed by atoms with Gasteiger partial charge < -0.3 is 9.69 Å². The minimum absolute atomic E-state index is 0.416. The van der Waals surface area contributed by atoms with Gasteiger partial charge in [-0.25, -0.2) is 4.98 Å². The normalized spacial score (nSPS) is 17.0. The number of allylic oxidation sites excluding steroid dienone is 2. The van der Waals surface area contributed by atoms with Crippen molar-refractivity contribution in [2.24, 2.45) is 0 Å². The first-order valence-corrected chi connectivity index (χ1v) is 8.78. The fourth-order valence-electron chi connectivity index (χ4n) is 2.87. The van der Waals surface area contributed by atoms with E-state index < -0.39 is 6.04 Å². The van der Waals surface area contributed by atoms with Crippen molar-refractivity contribution in [1.29, 1.82) is 0 Å². The number of hydrogen-bond donors (Lipinski definition) is 0. The van der Waals surface area contributed by atoms with Crippen LogP contribution in [-0.2, 0) is 4.79 Å². The number of aromatic nitrogens is 2. The first-order chi connectivity index (χ1) is 12.4. The van der Waals surface area contributed by atoms with Crippen LogP contribution in [0, 0.1) is 0 Å². The molecule has 0 saturated carbocycles. The first-order valence-electron chi connectivity index (χ1n) is 7.90. The summed E-state index contributed by atoms with van der Waals surface area (Å²) in [6.45, 7) is 0. The second-order valence-electron chi connectivity index (χ2n) is 5.56. The van der Waals surface area contributed by atoms with Crippen molar-refractivity contribution in [2.75, 3.05) is 4.90 Å². The highest BCUT2D eigenvalue weighted by molar-refractivity contribution is 7.10. The van der Waals surface area contributed by atoms with Gasteiger partial charge >= 0.3 is 0 Å². The molecule has 3 heterocycles. The van der Waals surface area contributed by atoms with Gasteiger partial charge in [-0.1, -0.05) is 24.3 Å². The number of nitrogens with zero attached hydrogens (tertiary/aromatic N) is 3. The number of rotatable bonds is 4. The van der Waals surface area contributed by atoms with Crippen LogP contribution in [-0.4, -0.2) is 22.3 Å². The predicted molar refractivity (Wildman–Crippen MR) is 101 cm³/mol. The Bertz CT molecular complexity index is 918. The quantitative estimate of drug-likeness (QED) is 0.669. The topological polar surface area (TPSA) is 46.1 Å². The molecule has 1 aliphatic heterocycles. The van der Waals surface area contributed by atoms with Gasteiger partial charge in [-0.05, 0) is 30.3 Å². The molecule has 3 aromatic rings.